The van der Waals surface area contributed by atoms with Gasteiger partial charge in [0, 0.05) is 16.9 Å². The number of nitrogens with one attached hydrogen (secondary N) is 1. The van der Waals surface area contributed by atoms with Crippen molar-refractivity contribution in [3.05, 3.63) is 71.0 Å². The highest BCUT2D eigenvalue weighted by Gasteiger charge is 2.20. The molecule has 0 aliphatic carbocycles. The molecule has 0 bridgehead atoms. The van der Waals surface area contributed by atoms with Crippen LogP contribution < -0.4 is 14.8 Å². The predicted octanol–water partition coefficient (Wildman–Crippen LogP) is 4.22. The van der Waals surface area contributed by atoms with E-state index >= 15 is 0 Å². The topological polar surface area (TPSA) is 52.5 Å². The first kappa shape index (κ1) is 14.8. The second kappa shape index (κ2) is 6.05. The van der Waals surface area contributed by atoms with Crippen LogP contribution in [0.4, 0.5) is 5.69 Å². The highest BCUT2D eigenvalue weighted by atomic mass is 79.9. The maximum atomic E-state index is 12.7. The average Bonchev–Trinajstić information content (AvgIpc) is 3.25. The highest BCUT2D eigenvalue weighted by molar-refractivity contribution is 9.10. The van der Waals surface area contributed by atoms with Crippen molar-refractivity contribution in [1.29, 1.82) is 0 Å². The van der Waals surface area contributed by atoms with Crippen molar-refractivity contribution in [3.63, 3.8) is 0 Å². The molecule has 1 aliphatic rings. The van der Waals surface area contributed by atoms with Gasteiger partial charge in [-0.15, -0.1) is 0 Å². The first-order valence-corrected chi connectivity index (χ1v) is 8.14. The van der Waals surface area contributed by atoms with Crippen molar-refractivity contribution in [2.24, 2.45) is 0 Å². The molecular weight excluding hydrogens is 372 g/mol. The van der Waals surface area contributed by atoms with Crippen LogP contribution in [-0.2, 0) is 0 Å². The number of hydrogen-bond donors (Lipinski definition) is 1. The van der Waals surface area contributed by atoms with Crippen LogP contribution in [0.1, 0.15) is 10.4 Å². The molecule has 1 aromatic heterocycles. The zero-order chi connectivity index (χ0) is 16.5. The minimum Gasteiger partial charge on any atom is -0.454 e. The van der Waals surface area contributed by atoms with E-state index in [2.05, 4.69) is 21.2 Å². The number of amides is 1. The van der Waals surface area contributed by atoms with Gasteiger partial charge in [0.25, 0.3) is 5.91 Å². The van der Waals surface area contributed by atoms with E-state index in [1.807, 2.05) is 53.4 Å². The Labute approximate surface area is 146 Å². The fraction of sp³-hybridized carbons (Fsp3) is 0.0556. The number of rotatable bonds is 3. The molecule has 0 atom stereocenters. The number of benzene rings is 2. The van der Waals surface area contributed by atoms with Crippen LogP contribution >= 0.6 is 15.9 Å². The summed E-state index contributed by atoms with van der Waals surface area (Å²) in [6.07, 6.45) is 3.86. The minimum absolute atomic E-state index is 0.170. The summed E-state index contributed by atoms with van der Waals surface area (Å²) < 4.78 is 13.3. The fourth-order valence-electron chi connectivity index (χ4n) is 2.58. The van der Waals surface area contributed by atoms with Gasteiger partial charge in [0.15, 0.2) is 11.5 Å². The standard InChI is InChI=1S/C18H13BrN2O3/c19-13-10-17-16(23-11-24-17)9-12(13)18(22)20-14-5-1-2-6-15(14)21-7-3-4-8-21/h1-10H,11H2,(H,20,22). The third-order valence-corrected chi connectivity index (χ3v) is 4.40. The number of hydrogen-bond acceptors (Lipinski definition) is 3. The molecule has 1 aliphatic heterocycles. The van der Waals surface area contributed by atoms with Gasteiger partial charge >= 0.3 is 0 Å². The molecule has 0 radical (unpaired) electrons. The lowest BCUT2D eigenvalue weighted by molar-refractivity contribution is 0.102. The summed E-state index contributed by atoms with van der Waals surface area (Å²) in [5.74, 6) is 0.980. The quantitative estimate of drug-likeness (QED) is 0.735. The van der Waals surface area contributed by atoms with Gasteiger partial charge in [-0.25, -0.2) is 0 Å². The number of aromatic nitrogens is 1. The number of halogens is 1. The van der Waals surface area contributed by atoms with E-state index < -0.39 is 0 Å². The number of nitrogens with zero attached hydrogens (tertiary/aromatic N) is 1. The van der Waals surface area contributed by atoms with Gasteiger partial charge in [-0.3, -0.25) is 4.79 Å². The molecule has 0 fully saturated rings. The molecule has 3 aromatic rings. The monoisotopic (exact) mass is 384 g/mol. The molecular formula is C18H13BrN2O3. The van der Waals surface area contributed by atoms with Gasteiger partial charge in [0.05, 0.1) is 16.9 Å². The Bertz CT molecular complexity index is 907. The highest BCUT2D eigenvalue weighted by Crippen LogP contribution is 2.37. The van der Waals surface area contributed by atoms with Crippen LogP contribution in [0.2, 0.25) is 0 Å². The average molecular weight is 385 g/mol. The molecule has 2 aromatic carbocycles. The van der Waals surface area contributed by atoms with Crippen molar-refractivity contribution in [2.45, 2.75) is 0 Å². The number of carbonyl (C=O) groups excluding carboxylic acids is 1. The first-order chi connectivity index (χ1) is 11.7. The second-order valence-electron chi connectivity index (χ2n) is 5.25. The Morgan fingerprint density at radius 2 is 1.75 bits per heavy atom. The third kappa shape index (κ3) is 2.65. The van der Waals surface area contributed by atoms with E-state index in [1.54, 1.807) is 12.1 Å². The van der Waals surface area contributed by atoms with Gasteiger partial charge in [-0.05, 0) is 52.3 Å². The van der Waals surface area contributed by atoms with Crippen LogP contribution in [0.5, 0.6) is 11.5 Å². The van der Waals surface area contributed by atoms with Gasteiger partial charge in [0.1, 0.15) is 0 Å². The van der Waals surface area contributed by atoms with Crippen LogP contribution in [0.25, 0.3) is 5.69 Å². The molecule has 4 rings (SSSR count). The van der Waals surface area contributed by atoms with Crippen molar-refractivity contribution >= 4 is 27.5 Å². The van der Waals surface area contributed by atoms with E-state index in [0.717, 1.165) is 11.4 Å². The van der Waals surface area contributed by atoms with Crippen LogP contribution in [0.15, 0.2) is 65.4 Å². The maximum Gasteiger partial charge on any atom is 0.257 e. The van der Waals surface area contributed by atoms with Crippen molar-refractivity contribution in [3.8, 4) is 17.2 Å². The summed E-state index contributed by atoms with van der Waals surface area (Å²) in [4.78, 5) is 12.7. The lowest BCUT2D eigenvalue weighted by atomic mass is 10.1. The van der Waals surface area contributed by atoms with Crippen molar-refractivity contribution < 1.29 is 14.3 Å². The van der Waals surface area contributed by atoms with Gasteiger partial charge in [-0.1, -0.05) is 12.1 Å². The van der Waals surface area contributed by atoms with Crippen molar-refractivity contribution in [2.75, 3.05) is 12.1 Å². The van der Waals surface area contributed by atoms with E-state index in [1.165, 1.54) is 0 Å². The normalized spacial score (nSPS) is 12.2. The van der Waals surface area contributed by atoms with Gasteiger partial charge in [0.2, 0.25) is 6.79 Å². The van der Waals surface area contributed by atoms with Gasteiger partial charge in [-0.2, -0.15) is 0 Å². The zero-order valence-electron chi connectivity index (χ0n) is 12.5. The van der Waals surface area contributed by atoms with E-state index in [4.69, 9.17) is 9.47 Å². The van der Waals surface area contributed by atoms with Crippen molar-refractivity contribution in [1.82, 2.24) is 4.57 Å². The number of fused-ring (bicyclic) bond motifs is 1. The molecule has 0 saturated carbocycles. The number of anilines is 1. The van der Waals surface area contributed by atoms with E-state index in [9.17, 15) is 4.79 Å². The lowest BCUT2D eigenvalue weighted by Gasteiger charge is -2.13. The molecule has 1 N–H and O–H groups in total. The largest absolute Gasteiger partial charge is 0.454 e. The molecule has 0 spiro atoms. The molecule has 2 heterocycles. The zero-order valence-corrected chi connectivity index (χ0v) is 14.1. The summed E-state index contributed by atoms with van der Waals surface area (Å²) >= 11 is 3.42. The SMILES string of the molecule is O=C(Nc1ccccc1-n1cccc1)c1cc2c(cc1Br)OCO2. The minimum atomic E-state index is -0.222. The smallest absolute Gasteiger partial charge is 0.257 e. The number of para-hydroxylation sites is 2. The van der Waals surface area contributed by atoms with Crippen LogP contribution in [0, 0.1) is 0 Å². The summed E-state index contributed by atoms with van der Waals surface area (Å²) in [5.41, 5.74) is 2.11. The molecule has 1 amide bonds. The second-order valence-corrected chi connectivity index (χ2v) is 6.10. The summed E-state index contributed by atoms with van der Waals surface area (Å²) in [6, 6.07) is 14.9. The number of carbonyl (C=O) groups is 1. The Kier molecular flexibility index (Phi) is 3.74. The third-order valence-electron chi connectivity index (χ3n) is 3.74. The Balaban J connectivity index is 1.66. The maximum absolute atomic E-state index is 12.7. The molecule has 0 saturated heterocycles. The first-order valence-electron chi connectivity index (χ1n) is 7.35. The fourth-order valence-corrected chi connectivity index (χ4v) is 3.08. The summed E-state index contributed by atoms with van der Waals surface area (Å²) in [5, 5.41) is 2.96. The van der Waals surface area contributed by atoms with Crippen LogP contribution in [0.3, 0.4) is 0 Å². The number of ether oxygens (including phenoxy) is 2. The van der Waals surface area contributed by atoms with Gasteiger partial charge < -0.3 is 19.4 Å². The van der Waals surface area contributed by atoms with E-state index in [-0.39, 0.29) is 12.7 Å². The predicted molar refractivity (Wildman–Crippen MR) is 94.0 cm³/mol. The van der Waals surface area contributed by atoms with Crippen LogP contribution in [-0.4, -0.2) is 17.3 Å². The Morgan fingerprint density at radius 3 is 2.54 bits per heavy atom. The Morgan fingerprint density at radius 1 is 1.04 bits per heavy atom. The van der Waals surface area contributed by atoms with E-state index in [0.29, 0.717) is 21.5 Å². The molecule has 5 nitrogen and oxygen atoms in total. The Hall–Kier alpha value is -2.73. The molecule has 120 valence electrons. The molecule has 24 heavy (non-hydrogen) atoms. The lowest BCUT2D eigenvalue weighted by Crippen LogP contribution is -2.14. The molecule has 6 heteroatoms. The molecule has 0 unspecified atom stereocenters. The summed E-state index contributed by atoms with van der Waals surface area (Å²) in [6.45, 7) is 0.170. The summed E-state index contributed by atoms with van der Waals surface area (Å²) in [7, 11) is 0.